The molecule has 0 aromatic heterocycles. The molecule has 0 atom stereocenters. The van der Waals surface area contributed by atoms with Crippen molar-refractivity contribution >= 4 is 28.5 Å². The SMILES string of the molecule is CC(C)=C1SC(N2CCN(c3ccccc3C)CC2)=NC1=O. The molecule has 0 saturated carbocycles. The zero-order valence-electron chi connectivity index (χ0n) is 13.3. The predicted molar refractivity (Wildman–Crippen MR) is 93.4 cm³/mol. The first-order chi connectivity index (χ1) is 10.6. The van der Waals surface area contributed by atoms with Gasteiger partial charge in [0.15, 0.2) is 5.17 Å². The van der Waals surface area contributed by atoms with Gasteiger partial charge in [0, 0.05) is 31.9 Å². The Hall–Kier alpha value is -1.75. The average molecular weight is 315 g/mol. The Bertz CT molecular complexity index is 654. The third-order valence-corrected chi connectivity index (χ3v) is 5.36. The van der Waals surface area contributed by atoms with E-state index in [0.717, 1.165) is 41.8 Å². The number of piperazine rings is 1. The molecule has 5 heteroatoms. The van der Waals surface area contributed by atoms with Crippen LogP contribution in [0.3, 0.4) is 0 Å². The molecule has 1 fully saturated rings. The van der Waals surface area contributed by atoms with E-state index in [4.69, 9.17) is 0 Å². The van der Waals surface area contributed by atoms with Gasteiger partial charge in [0.25, 0.3) is 5.91 Å². The molecule has 1 aromatic carbocycles. The van der Waals surface area contributed by atoms with E-state index in [-0.39, 0.29) is 5.91 Å². The van der Waals surface area contributed by atoms with Crippen LogP contribution in [0.5, 0.6) is 0 Å². The molecule has 3 rings (SSSR count). The number of anilines is 1. The molecule has 1 saturated heterocycles. The molecule has 0 bridgehead atoms. The normalized spacial score (nSPS) is 18.8. The van der Waals surface area contributed by atoms with Crippen molar-refractivity contribution in [3.63, 3.8) is 0 Å². The third-order valence-electron chi connectivity index (χ3n) is 4.05. The van der Waals surface area contributed by atoms with Crippen LogP contribution in [0.25, 0.3) is 0 Å². The van der Waals surface area contributed by atoms with Gasteiger partial charge in [-0.2, -0.15) is 4.99 Å². The van der Waals surface area contributed by atoms with Crippen LogP contribution in [0.15, 0.2) is 39.7 Å². The number of allylic oxidation sites excluding steroid dienone is 1. The van der Waals surface area contributed by atoms with Gasteiger partial charge in [0.05, 0.1) is 4.91 Å². The monoisotopic (exact) mass is 315 g/mol. The van der Waals surface area contributed by atoms with Gasteiger partial charge in [-0.15, -0.1) is 0 Å². The second kappa shape index (κ2) is 6.16. The Kier molecular flexibility index (Phi) is 4.25. The Balaban J connectivity index is 1.66. The molecule has 2 heterocycles. The Labute approximate surface area is 135 Å². The molecule has 1 amide bonds. The number of carbonyl (C=O) groups excluding carboxylic acids is 1. The van der Waals surface area contributed by atoms with Gasteiger partial charge in [0.2, 0.25) is 0 Å². The molecule has 0 N–H and O–H groups in total. The van der Waals surface area contributed by atoms with Gasteiger partial charge in [-0.05, 0) is 44.2 Å². The summed E-state index contributed by atoms with van der Waals surface area (Å²) in [5.41, 5.74) is 3.67. The molecule has 22 heavy (non-hydrogen) atoms. The van der Waals surface area contributed by atoms with Gasteiger partial charge < -0.3 is 9.80 Å². The van der Waals surface area contributed by atoms with Crippen molar-refractivity contribution in [3.05, 3.63) is 40.3 Å². The van der Waals surface area contributed by atoms with E-state index in [2.05, 4.69) is 46.0 Å². The summed E-state index contributed by atoms with van der Waals surface area (Å²) in [6.45, 7) is 9.82. The minimum atomic E-state index is -0.0821. The number of hydrogen-bond donors (Lipinski definition) is 0. The van der Waals surface area contributed by atoms with Gasteiger partial charge in [0.1, 0.15) is 0 Å². The summed E-state index contributed by atoms with van der Waals surface area (Å²) in [5, 5.41) is 0.866. The van der Waals surface area contributed by atoms with E-state index in [1.807, 2.05) is 13.8 Å². The summed E-state index contributed by atoms with van der Waals surface area (Å²) in [7, 11) is 0. The summed E-state index contributed by atoms with van der Waals surface area (Å²) in [5.74, 6) is -0.0821. The first-order valence-electron chi connectivity index (χ1n) is 7.60. The molecular formula is C17H21N3OS. The van der Waals surface area contributed by atoms with Crippen LogP contribution in [0.2, 0.25) is 0 Å². The minimum Gasteiger partial charge on any atom is -0.368 e. The van der Waals surface area contributed by atoms with Gasteiger partial charge in [-0.1, -0.05) is 23.8 Å². The first kappa shape index (κ1) is 15.2. The summed E-state index contributed by atoms with van der Waals surface area (Å²) >= 11 is 1.52. The van der Waals surface area contributed by atoms with Crippen molar-refractivity contribution in [2.24, 2.45) is 4.99 Å². The fourth-order valence-corrected chi connectivity index (χ4v) is 3.76. The topological polar surface area (TPSA) is 35.9 Å². The van der Waals surface area contributed by atoms with Crippen LogP contribution in [0.4, 0.5) is 5.69 Å². The number of amides is 1. The molecule has 0 radical (unpaired) electrons. The number of amidine groups is 1. The molecule has 116 valence electrons. The van der Waals surface area contributed by atoms with E-state index in [9.17, 15) is 4.79 Å². The molecular weight excluding hydrogens is 294 g/mol. The Morgan fingerprint density at radius 1 is 1.09 bits per heavy atom. The van der Waals surface area contributed by atoms with Crippen LogP contribution in [-0.4, -0.2) is 42.2 Å². The highest BCUT2D eigenvalue weighted by Crippen LogP contribution is 2.31. The fourth-order valence-electron chi connectivity index (χ4n) is 2.80. The number of benzene rings is 1. The summed E-state index contributed by atoms with van der Waals surface area (Å²) in [6, 6.07) is 8.49. The van der Waals surface area contributed by atoms with Crippen LogP contribution in [0.1, 0.15) is 19.4 Å². The maximum Gasteiger partial charge on any atom is 0.286 e. The van der Waals surface area contributed by atoms with Crippen LogP contribution < -0.4 is 4.90 Å². The van der Waals surface area contributed by atoms with Crippen LogP contribution in [0, 0.1) is 6.92 Å². The smallest absolute Gasteiger partial charge is 0.286 e. The van der Waals surface area contributed by atoms with Crippen molar-refractivity contribution in [1.82, 2.24) is 4.90 Å². The maximum atomic E-state index is 11.9. The molecule has 4 nitrogen and oxygen atoms in total. The summed E-state index contributed by atoms with van der Waals surface area (Å²) in [6.07, 6.45) is 0. The van der Waals surface area contributed by atoms with Crippen molar-refractivity contribution < 1.29 is 4.79 Å². The van der Waals surface area contributed by atoms with E-state index >= 15 is 0 Å². The molecule has 0 spiro atoms. The zero-order valence-corrected chi connectivity index (χ0v) is 14.1. The van der Waals surface area contributed by atoms with Crippen molar-refractivity contribution in [2.75, 3.05) is 31.1 Å². The number of aryl methyl sites for hydroxylation is 1. The summed E-state index contributed by atoms with van der Waals surface area (Å²) < 4.78 is 0. The zero-order chi connectivity index (χ0) is 15.7. The van der Waals surface area contributed by atoms with E-state index in [1.54, 1.807) is 0 Å². The molecule has 2 aliphatic rings. The molecule has 1 aromatic rings. The fraction of sp³-hybridized carbons (Fsp3) is 0.412. The number of carbonyl (C=O) groups is 1. The lowest BCUT2D eigenvalue weighted by molar-refractivity contribution is -0.113. The van der Waals surface area contributed by atoms with Gasteiger partial charge >= 0.3 is 0 Å². The lowest BCUT2D eigenvalue weighted by atomic mass is 10.1. The van der Waals surface area contributed by atoms with E-state index < -0.39 is 0 Å². The number of aliphatic imine (C=N–C) groups is 1. The molecule has 0 unspecified atom stereocenters. The Morgan fingerprint density at radius 3 is 2.32 bits per heavy atom. The molecule has 0 aliphatic carbocycles. The molecule has 2 aliphatic heterocycles. The highest BCUT2D eigenvalue weighted by molar-refractivity contribution is 8.18. The quantitative estimate of drug-likeness (QED) is 0.746. The Morgan fingerprint density at radius 2 is 1.73 bits per heavy atom. The van der Waals surface area contributed by atoms with Crippen molar-refractivity contribution in [2.45, 2.75) is 20.8 Å². The first-order valence-corrected chi connectivity index (χ1v) is 8.42. The lowest BCUT2D eigenvalue weighted by Gasteiger charge is -2.37. The highest BCUT2D eigenvalue weighted by atomic mass is 32.2. The third kappa shape index (κ3) is 2.90. The van der Waals surface area contributed by atoms with E-state index in [1.165, 1.54) is 23.0 Å². The number of nitrogens with zero attached hydrogens (tertiary/aromatic N) is 3. The van der Waals surface area contributed by atoms with E-state index in [0.29, 0.717) is 0 Å². The van der Waals surface area contributed by atoms with Crippen molar-refractivity contribution in [3.8, 4) is 0 Å². The predicted octanol–water partition coefficient (Wildman–Crippen LogP) is 3.04. The van der Waals surface area contributed by atoms with Crippen LogP contribution >= 0.6 is 11.8 Å². The lowest BCUT2D eigenvalue weighted by Crippen LogP contribution is -2.48. The number of thioether (sulfide) groups is 1. The number of rotatable bonds is 1. The van der Waals surface area contributed by atoms with Gasteiger partial charge in [-0.25, -0.2) is 0 Å². The maximum absolute atomic E-state index is 11.9. The summed E-state index contributed by atoms with van der Waals surface area (Å²) in [4.78, 5) is 21.5. The standard InChI is InChI=1S/C17H21N3OS/c1-12(2)15-16(21)18-17(22-15)20-10-8-19(9-11-20)14-7-5-4-6-13(14)3/h4-7H,8-11H2,1-3H3. The van der Waals surface area contributed by atoms with Crippen molar-refractivity contribution in [1.29, 1.82) is 0 Å². The number of hydrogen-bond acceptors (Lipinski definition) is 4. The number of para-hydroxylation sites is 1. The van der Waals surface area contributed by atoms with Gasteiger partial charge in [-0.3, -0.25) is 4.79 Å². The second-order valence-corrected chi connectivity index (χ2v) is 6.87. The minimum absolute atomic E-state index is 0.0821. The average Bonchev–Trinajstić information content (AvgIpc) is 2.90. The highest BCUT2D eigenvalue weighted by Gasteiger charge is 2.29. The van der Waals surface area contributed by atoms with Crippen LogP contribution in [-0.2, 0) is 4.79 Å². The second-order valence-electron chi connectivity index (χ2n) is 5.89. The largest absolute Gasteiger partial charge is 0.368 e.